The molecule has 2 heterocycles. The van der Waals surface area contributed by atoms with Crippen LogP contribution in [0.25, 0.3) is 0 Å². The van der Waals surface area contributed by atoms with Crippen molar-refractivity contribution in [3.05, 3.63) is 11.7 Å². The molecule has 1 N–H and O–H groups in total. The highest BCUT2D eigenvalue weighted by molar-refractivity contribution is 5.84. The van der Waals surface area contributed by atoms with Crippen molar-refractivity contribution in [3.8, 4) is 0 Å². The maximum Gasteiger partial charge on any atom is 0.267 e. The molecule has 0 radical (unpaired) electrons. The van der Waals surface area contributed by atoms with Gasteiger partial charge in [-0.2, -0.15) is 4.98 Å². The molecular formula is C13H16F2N4O3. The van der Waals surface area contributed by atoms with Gasteiger partial charge in [-0.25, -0.2) is 8.78 Å². The van der Waals surface area contributed by atoms with Gasteiger partial charge in [0, 0.05) is 19.3 Å². The molecule has 0 unspecified atom stereocenters. The molecule has 2 aliphatic rings. The standard InChI is InChI=1S/C13H16F2N4O3/c1-7(20)16-5-10(21)19-6-13(14,15)4-9(19)12-17-11(18-22-12)8-2-3-8/h8-9H,2-6H2,1H3,(H,16,20)/t9-/m0/s1. The molecule has 22 heavy (non-hydrogen) atoms. The molecule has 0 spiro atoms. The Morgan fingerprint density at radius 2 is 2.18 bits per heavy atom. The van der Waals surface area contributed by atoms with Gasteiger partial charge in [0.05, 0.1) is 13.1 Å². The van der Waals surface area contributed by atoms with E-state index in [-0.39, 0.29) is 18.4 Å². The molecule has 0 bridgehead atoms. The number of nitrogens with one attached hydrogen (secondary N) is 1. The lowest BCUT2D eigenvalue weighted by Crippen LogP contribution is -2.40. The van der Waals surface area contributed by atoms with Crippen LogP contribution in [-0.2, 0) is 9.59 Å². The predicted octanol–water partition coefficient (Wildman–Crippen LogP) is 0.992. The molecule has 9 heteroatoms. The first-order valence-electron chi connectivity index (χ1n) is 7.11. The number of rotatable bonds is 4. The van der Waals surface area contributed by atoms with Gasteiger partial charge in [-0.3, -0.25) is 9.59 Å². The van der Waals surface area contributed by atoms with Gasteiger partial charge in [-0.15, -0.1) is 0 Å². The topological polar surface area (TPSA) is 88.3 Å². The van der Waals surface area contributed by atoms with Gasteiger partial charge in [0.15, 0.2) is 5.82 Å². The first kappa shape index (κ1) is 14.9. The van der Waals surface area contributed by atoms with Crippen molar-refractivity contribution in [2.24, 2.45) is 0 Å². The molecular weight excluding hydrogens is 298 g/mol. The molecule has 7 nitrogen and oxygen atoms in total. The molecule has 3 rings (SSSR count). The van der Waals surface area contributed by atoms with E-state index in [1.807, 2.05) is 0 Å². The van der Waals surface area contributed by atoms with Crippen molar-refractivity contribution < 1.29 is 22.9 Å². The number of alkyl halides is 2. The SMILES string of the molecule is CC(=O)NCC(=O)N1CC(F)(F)C[C@H]1c1nc(C2CC2)no1. The summed E-state index contributed by atoms with van der Waals surface area (Å²) in [6.07, 6.45) is 1.38. The predicted molar refractivity (Wildman–Crippen MR) is 69.0 cm³/mol. The number of nitrogens with zero attached hydrogens (tertiary/aromatic N) is 3. The van der Waals surface area contributed by atoms with Crippen LogP contribution in [0.3, 0.4) is 0 Å². The summed E-state index contributed by atoms with van der Waals surface area (Å²) in [7, 11) is 0. The highest BCUT2D eigenvalue weighted by Gasteiger charge is 2.50. The van der Waals surface area contributed by atoms with Gasteiger partial charge in [0.1, 0.15) is 6.04 Å². The second-order valence-corrected chi connectivity index (χ2v) is 5.77. The molecule has 1 aliphatic heterocycles. The number of aromatic nitrogens is 2. The second-order valence-electron chi connectivity index (χ2n) is 5.77. The third kappa shape index (κ3) is 3.07. The summed E-state index contributed by atoms with van der Waals surface area (Å²) in [5, 5.41) is 6.11. The van der Waals surface area contributed by atoms with Crippen molar-refractivity contribution in [1.82, 2.24) is 20.4 Å². The molecule has 0 aromatic carbocycles. The van der Waals surface area contributed by atoms with E-state index >= 15 is 0 Å². The van der Waals surface area contributed by atoms with Crippen LogP contribution in [0.1, 0.15) is 49.9 Å². The van der Waals surface area contributed by atoms with Crippen molar-refractivity contribution in [1.29, 1.82) is 0 Å². The zero-order chi connectivity index (χ0) is 15.9. The van der Waals surface area contributed by atoms with Crippen LogP contribution in [0.4, 0.5) is 8.78 Å². The third-order valence-corrected chi connectivity index (χ3v) is 3.76. The van der Waals surface area contributed by atoms with Crippen LogP contribution in [0, 0.1) is 0 Å². The minimum atomic E-state index is -3.01. The van der Waals surface area contributed by atoms with Gasteiger partial charge in [-0.05, 0) is 12.8 Å². The Bertz CT molecular complexity index is 600. The fourth-order valence-electron chi connectivity index (χ4n) is 2.49. The molecule has 1 saturated carbocycles. The lowest BCUT2D eigenvalue weighted by atomic mass is 10.2. The van der Waals surface area contributed by atoms with E-state index in [9.17, 15) is 18.4 Å². The lowest BCUT2D eigenvalue weighted by Gasteiger charge is -2.21. The van der Waals surface area contributed by atoms with Gasteiger partial charge < -0.3 is 14.7 Å². The number of hydrogen-bond acceptors (Lipinski definition) is 5. The zero-order valence-electron chi connectivity index (χ0n) is 12.0. The van der Waals surface area contributed by atoms with E-state index in [4.69, 9.17) is 4.52 Å². The van der Waals surface area contributed by atoms with E-state index in [1.54, 1.807) is 0 Å². The zero-order valence-corrected chi connectivity index (χ0v) is 12.0. The number of amides is 2. The monoisotopic (exact) mass is 314 g/mol. The lowest BCUT2D eigenvalue weighted by molar-refractivity contribution is -0.134. The summed E-state index contributed by atoms with van der Waals surface area (Å²) < 4.78 is 32.5. The Balaban J connectivity index is 1.76. The highest BCUT2D eigenvalue weighted by Crippen LogP contribution is 2.42. The van der Waals surface area contributed by atoms with Crippen molar-refractivity contribution in [2.75, 3.05) is 13.1 Å². The van der Waals surface area contributed by atoms with Crippen LogP contribution < -0.4 is 5.32 Å². The number of likely N-dealkylation sites (tertiary alicyclic amines) is 1. The van der Waals surface area contributed by atoms with E-state index in [0.717, 1.165) is 17.7 Å². The Hall–Kier alpha value is -2.06. The third-order valence-electron chi connectivity index (χ3n) is 3.76. The maximum atomic E-state index is 13.7. The molecule has 1 atom stereocenters. The normalized spacial score (nSPS) is 23.6. The number of carbonyl (C=O) groups is 2. The Morgan fingerprint density at radius 1 is 1.45 bits per heavy atom. The molecule has 120 valence electrons. The number of carbonyl (C=O) groups excluding carboxylic acids is 2. The smallest absolute Gasteiger partial charge is 0.267 e. The highest BCUT2D eigenvalue weighted by atomic mass is 19.3. The summed E-state index contributed by atoms with van der Waals surface area (Å²) in [5.74, 6) is -3.21. The average Bonchev–Trinajstić information content (AvgIpc) is 3.08. The van der Waals surface area contributed by atoms with Crippen LogP contribution in [-0.4, -0.2) is 45.9 Å². The molecule has 1 saturated heterocycles. The summed E-state index contributed by atoms with van der Waals surface area (Å²) in [5.41, 5.74) is 0. The fraction of sp³-hybridized carbons (Fsp3) is 0.692. The Kier molecular flexibility index (Phi) is 3.57. The average molecular weight is 314 g/mol. The molecule has 1 aromatic rings. The Morgan fingerprint density at radius 3 is 2.82 bits per heavy atom. The number of halogens is 2. The second kappa shape index (κ2) is 5.29. The van der Waals surface area contributed by atoms with E-state index in [2.05, 4.69) is 15.5 Å². The van der Waals surface area contributed by atoms with Crippen molar-refractivity contribution in [3.63, 3.8) is 0 Å². The first-order chi connectivity index (χ1) is 10.4. The fourth-order valence-corrected chi connectivity index (χ4v) is 2.49. The van der Waals surface area contributed by atoms with Crippen molar-refractivity contribution >= 4 is 11.8 Å². The Labute approximate surface area is 125 Å². The summed E-state index contributed by atoms with van der Waals surface area (Å²) in [6, 6.07) is -0.948. The number of hydrogen-bond donors (Lipinski definition) is 1. The minimum Gasteiger partial charge on any atom is -0.347 e. The largest absolute Gasteiger partial charge is 0.347 e. The van der Waals surface area contributed by atoms with Gasteiger partial charge in [0.2, 0.25) is 17.7 Å². The van der Waals surface area contributed by atoms with Crippen LogP contribution in [0.15, 0.2) is 4.52 Å². The van der Waals surface area contributed by atoms with Crippen LogP contribution in [0.2, 0.25) is 0 Å². The molecule has 1 aromatic heterocycles. The summed E-state index contributed by atoms with van der Waals surface area (Å²) >= 11 is 0. The van der Waals surface area contributed by atoms with E-state index in [0.29, 0.717) is 5.82 Å². The van der Waals surface area contributed by atoms with Crippen molar-refractivity contribution in [2.45, 2.75) is 44.1 Å². The quantitative estimate of drug-likeness (QED) is 0.895. The van der Waals surface area contributed by atoms with Gasteiger partial charge in [-0.1, -0.05) is 5.16 Å². The minimum absolute atomic E-state index is 0.0373. The van der Waals surface area contributed by atoms with Crippen LogP contribution >= 0.6 is 0 Å². The molecule has 2 fully saturated rings. The maximum absolute atomic E-state index is 13.7. The van der Waals surface area contributed by atoms with E-state index < -0.39 is 36.7 Å². The van der Waals surface area contributed by atoms with Gasteiger partial charge >= 0.3 is 0 Å². The van der Waals surface area contributed by atoms with Gasteiger partial charge in [0.25, 0.3) is 5.92 Å². The molecule has 1 aliphatic carbocycles. The summed E-state index contributed by atoms with van der Waals surface area (Å²) in [4.78, 5) is 28.1. The molecule has 2 amide bonds. The van der Waals surface area contributed by atoms with Crippen LogP contribution in [0.5, 0.6) is 0 Å². The van der Waals surface area contributed by atoms with E-state index in [1.165, 1.54) is 6.92 Å². The first-order valence-corrected chi connectivity index (χ1v) is 7.11. The summed E-state index contributed by atoms with van der Waals surface area (Å²) in [6.45, 7) is 0.214.